The molecular weight excluding hydrogens is 549 g/mol. The van der Waals surface area contributed by atoms with Gasteiger partial charge in [-0.3, -0.25) is 10.1 Å². The maximum atomic E-state index is 5.07. The van der Waals surface area contributed by atoms with Crippen molar-refractivity contribution in [3.63, 3.8) is 0 Å². The number of aryl methyl sites for hydroxylation is 1. The summed E-state index contributed by atoms with van der Waals surface area (Å²) < 4.78 is 0. The number of imidazole rings is 1. The Morgan fingerprint density at radius 3 is 2.67 bits per heavy atom. The first-order valence-electron chi connectivity index (χ1n) is 15.1. The second-order valence-electron chi connectivity index (χ2n) is 11.2. The summed E-state index contributed by atoms with van der Waals surface area (Å²) in [5, 5.41) is 9.77. The number of H-pyrrole nitrogens is 2. The molecule has 3 aromatic heterocycles. The molecule has 5 rings (SSSR count). The van der Waals surface area contributed by atoms with E-state index in [1.807, 2.05) is 45.2 Å². The number of likely N-dealkylation sites (tertiary alicyclic amines) is 1. The fourth-order valence-corrected chi connectivity index (χ4v) is 6.56. The lowest BCUT2D eigenvalue weighted by Gasteiger charge is -2.14. The number of hydrogen-bond acceptors (Lipinski definition) is 5. The summed E-state index contributed by atoms with van der Waals surface area (Å²) in [6.07, 6.45) is 19.2. The Morgan fingerprint density at radius 2 is 1.95 bits per heavy atom. The molecule has 0 aromatic carbocycles. The van der Waals surface area contributed by atoms with E-state index in [-0.39, 0.29) is 0 Å². The highest BCUT2D eigenvalue weighted by atomic mass is 32.1. The number of hydrogen-bond donors (Lipinski definition) is 2. The van der Waals surface area contributed by atoms with Crippen molar-refractivity contribution in [1.82, 2.24) is 25.1 Å². The molecule has 2 aliphatic rings. The molecule has 0 amide bonds. The van der Waals surface area contributed by atoms with Crippen molar-refractivity contribution in [2.24, 2.45) is 4.99 Å². The first-order chi connectivity index (χ1) is 20.9. The number of nitrogens with one attached hydrogen (secondary N) is 2. The van der Waals surface area contributed by atoms with Crippen molar-refractivity contribution in [3.05, 3.63) is 105 Å². The summed E-state index contributed by atoms with van der Waals surface area (Å²) in [7, 11) is 0. The molecule has 3 aromatic rings. The first kappa shape index (κ1) is 30.4. The van der Waals surface area contributed by atoms with Crippen LogP contribution in [-0.4, -0.2) is 57.5 Å². The monoisotopic (exact) mass is 590 g/mol. The van der Waals surface area contributed by atoms with E-state index in [0.29, 0.717) is 12.4 Å². The van der Waals surface area contributed by atoms with Gasteiger partial charge in [-0.05, 0) is 113 Å². The SMILES string of the molecule is C=C/C=C(/c1ccc(C(=C)C)s1)c1nc(-c2n[nH]c(=C/C)/c2=C\C(=C)C2=CCN=CC(CCCN3CCCC3)=C2)[nH]c1C. The first-order valence-corrected chi connectivity index (χ1v) is 15.9. The molecule has 0 radical (unpaired) electrons. The normalized spacial score (nSPS) is 16.9. The Morgan fingerprint density at radius 1 is 1.16 bits per heavy atom. The fraction of sp³-hybridized carbons (Fsp3) is 0.306. The third-order valence-corrected chi connectivity index (χ3v) is 9.19. The summed E-state index contributed by atoms with van der Waals surface area (Å²) in [5.74, 6) is 0.707. The number of rotatable bonds is 11. The van der Waals surface area contributed by atoms with E-state index in [2.05, 4.69) is 70.1 Å². The molecule has 2 aliphatic heterocycles. The molecule has 0 aliphatic carbocycles. The van der Waals surface area contributed by atoms with E-state index < -0.39 is 0 Å². The van der Waals surface area contributed by atoms with Crippen LogP contribution >= 0.6 is 11.3 Å². The van der Waals surface area contributed by atoms with Gasteiger partial charge < -0.3 is 9.88 Å². The summed E-state index contributed by atoms with van der Waals surface area (Å²) >= 11 is 1.71. The summed E-state index contributed by atoms with van der Waals surface area (Å²) in [5.41, 5.74) is 7.95. The lowest BCUT2D eigenvalue weighted by atomic mass is 10.0. The topological polar surface area (TPSA) is 73.0 Å². The summed E-state index contributed by atoms with van der Waals surface area (Å²) in [6.45, 7) is 22.9. The van der Waals surface area contributed by atoms with Gasteiger partial charge in [0.25, 0.3) is 0 Å². The van der Waals surface area contributed by atoms with Crippen LogP contribution < -0.4 is 10.6 Å². The quantitative estimate of drug-likeness (QED) is 0.242. The average molecular weight is 591 g/mol. The van der Waals surface area contributed by atoms with Crippen LogP contribution in [0.5, 0.6) is 0 Å². The Hall–Kier alpha value is -4.07. The average Bonchev–Trinajstić information content (AvgIpc) is 3.79. The van der Waals surface area contributed by atoms with Gasteiger partial charge in [-0.1, -0.05) is 44.0 Å². The molecule has 5 heterocycles. The number of allylic oxidation sites excluding steroid dienone is 7. The number of nitrogens with zero attached hydrogens (tertiary/aromatic N) is 4. The third kappa shape index (κ3) is 7.12. The largest absolute Gasteiger partial charge is 0.340 e. The van der Waals surface area contributed by atoms with E-state index in [1.54, 1.807) is 11.3 Å². The van der Waals surface area contributed by atoms with Crippen molar-refractivity contribution in [2.45, 2.75) is 46.5 Å². The van der Waals surface area contributed by atoms with Gasteiger partial charge in [0.2, 0.25) is 0 Å². The van der Waals surface area contributed by atoms with Crippen LogP contribution in [0, 0.1) is 6.92 Å². The number of aromatic nitrogens is 4. The summed E-state index contributed by atoms with van der Waals surface area (Å²) in [4.78, 5) is 18.0. The van der Waals surface area contributed by atoms with Gasteiger partial charge in [-0.25, -0.2) is 4.98 Å². The molecule has 1 saturated heterocycles. The highest BCUT2D eigenvalue weighted by Gasteiger charge is 2.18. The minimum absolute atomic E-state index is 0.647. The fourth-order valence-electron chi connectivity index (χ4n) is 5.60. The van der Waals surface area contributed by atoms with Crippen molar-refractivity contribution in [3.8, 4) is 11.5 Å². The van der Waals surface area contributed by atoms with Crippen LogP contribution in [-0.2, 0) is 0 Å². The van der Waals surface area contributed by atoms with Crippen LogP contribution in [0.25, 0.3) is 34.8 Å². The van der Waals surface area contributed by atoms with Crippen molar-refractivity contribution >= 4 is 40.8 Å². The Kier molecular flexibility index (Phi) is 9.85. The van der Waals surface area contributed by atoms with Crippen LogP contribution in [0.2, 0.25) is 0 Å². The van der Waals surface area contributed by atoms with E-state index in [4.69, 9.17) is 10.1 Å². The third-order valence-electron chi connectivity index (χ3n) is 7.91. The Bertz CT molecular complexity index is 1760. The number of aliphatic imine (C=N–C) groups is 1. The van der Waals surface area contributed by atoms with Gasteiger partial charge in [-0.2, -0.15) is 5.10 Å². The summed E-state index contributed by atoms with van der Waals surface area (Å²) in [6, 6.07) is 4.23. The molecule has 2 N–H and O–H groups in total. The van der Waals surface area contributed by atoms with Crippen molar-refractivity contribution < 1.29 is 0 Å². The van der Waals surface area contributed by atoms with Crippen molar-refractivity contribution in [2.75, 3.05) is 26.2 Å². The van der Waals surface area contributed by atoms with Gasteiger partial charge in [0.1, 0.15) is 5.69 Å². The van der Waals surface area contributed by atoms with Gasteiger partial charge >= 0.3 is 0 Å². The molecule has 0 unspecified atom stereocenters. The molecule has 7 heteroatoms. The second-order valence-corrected chi connectivity index (χ2v) is 12.3. The van der Waals surface area contributed by atoms with Crippen molar-refractivity contribution in [1.29, 1.82) is 0 Å². The zero-order valence-electron chi connectivity index (χ0n) is 25.7. The van der Waals surface area contributed by atoms with E-state index >= 15 is 0 Å². The standard InChI is InChI=1S/C36H42N6S/c1-7-12-29(33-15-14-32(43-33)24(3)4)34-26(6)38-36(39-34)35-30(31(8-2)40-41-35)21-25(5)28-16-17-37-23-27(22-28)13-11-20-42-18-9-10-19-42/h7-8,12,14-16,21-23,40H,1,3,5,9-11,13,17-20H2,2,4,6H3,(H,38,39)/b29-12-,30-21+,31-8+. The minimum Gasteiger partial charge on any atom is -0.340 e. The van der Waals surface area contributed by atoms with E-state index in [9.17, 15) is 0 Å². The highest BCUT2D eigenvalue weighted by molar-refractivity contribution is 7.14. The Balaban J connectivity index is 1.44. The van der Waals surface area contributed by atoms with Crippen LogP contribution in [0.3, 0.4) is 0 Å². The van der Waals surface area contributed by atoms with Gasteiger partial charge in [0.05, 0.1) is 17.6 Å². The van der Waals surface area contributed by atoms with Gasteiger partial charge in [0.15, 0.2) is 5.82 Å². The van der Waals surface area contributed by atoms with Crippen LogP contribution in [0.4, 0.5) is 0 Å². The second kappa shape index (κ2) is 13.9. The molecule has 0 atom stereocenters. The highest BCUT2D eigenvalue weighted by Crippen LogP contribution is 2.33. The van der Waals surface area contributed by atoms with E-state index in [0.717, 1.165) is 79.1 Å². The number of thiophene rings is 1. The molecule has 0 bridgehead atoms. The molecule has 1 fully saturated rings. The molecule has 0 spiro atoms. The lowest BCUT2D eigenvalue weighted by Crippen LogP contribution is -2.24. The molecule has 0 saturated carbocycles. The smallest absolute Gasteiger partial charge is 0.159 e. The molecular formula is C36H42N6S. The maximum Gasteiger partial charge on any atom is 0.159 e. The van der Waals surface area contributed by atoms with Crippen LogP contribution in [0.15, 0.2) is 77.9 Å². The zero-order valence-corrected chi connectivity index (χ0v) is 26.5. The molecule has 43 heavy (non-hydrogen) atoms. The zero-order chi connectivity index (χ0) is 30.3. The predicted molar refractivity (Wildman–Crippen MR) is 185 cm³/mol. The maximum absolute atomic E-state index is 5.07. The van der Waals surface area contributed by atoms with E-state index in [1.165, 1.54) is 31.5 Å². The van der Waals surface area contributed by atoms with Gasteiger partial charge in [0, 0.05) is 32.5 Å². The van der Waals surface area contributed by atoms with Crippen LogP contribution in [0.1, 0.15) is 60.7 Å². The Labute approximate surface area is 259 Å². The lowest BCUT2D eigenvalue weighted by molar-refractivity contribution is 0.334. The molecule has 6 nitrogen and oxygen atoms in total. The molecule has 222 valence electrons. The number of aromatic amines is 2. The van der Waals surface area contributed by atoms with Gasteiger partial charge in [-0.15, -0.1) is 11.3 Å². The predicted octanol–water partition coefficient (Wildman–Crippen LogP) is 6.77. The minimum atomic E-state index is 0.647.